The summed E-state index contributed by atoms with van der Waals surface area (Å²) in [6, 6.07) is 0.962. The molecule has 7 heteroatoms. The van der Waals surface area contributed by atoms with Crippen LogP contribution in [0.3, 0.4) is 0 Å². The summed E-state index contributed by atoms with van der Waals surface area (Å²) in [5, 5.41) is 6.09. The van der Waals surface area contributed by atoms with E-state index in [-0.39, 0.29) is 24.2 Å². The van der Waals surface area contributed by atoms with Gasteiger partial charge in [-0.1, -0.05) is 0 Å². The number of hydrogen-bond donors (Lipinski definition) is 2. The van der Waals surface area contributed by atoms with Gasteiger partial charge in [0, 0.05) is 38.3 Å². The number of urea groups is 1. The number of likely N-dealkylation sites (tertiary alicyclic amines) is 2. The van der Waals surface area contributed by atoms with E-state index in [1.165, 1.54) is 12.8 Å². The average Bonchev–Trinajstić information content (AvgIpc) is 3.44. The molecule has 7 nitrogen and oxygen atoms in total. The lowest BCUT2D eigenvalue weighted by Crippen LogP contribution is -2.53. The van der Waals surface area contributed by atoms with Crippen LogP contribution in [0, 0.1) is 0 Å². The lowest BCUT2D eigenvalue weighted by atomic mass is 10.0. The molecule has 0 spiro atoms. The highest BCUT2D eigenvalue weighted by Crippen LogP contribution is 2.29. The third-order valence-corrected chi connectivity index (χ3v) is 5.68. The number of ether oxygens (including phenoxy) is 1. The van der Waals surface area contributed by atoms with Gasteiger partial charge >= 0.3 is 12.1 Å². The van der Waals surface area contributed by atoms with Crippen LogP contribution in [-0.2, 0) is 4.74 Å². The Hall–Kier alpha value is -1.50. The van der Waals surface area contributed by atoms with Crippen LogP contribution in [0.2, 0.25) is 0 Å². The maximum Gasteiger partial charge on any atom is 0.410 e. The van der Waals surface area contributed by atoms with Gasteiger partial charge in [0.15, 0.2) is 0 Å². The molecule has 1 aliphatic carbocycles. The largest absolute Gasteiger partial charge is 0.444 e. The van der Waals surface area contributed by atoms with Gasteiger partial charge in [-0.2, -0.15) is 0 Å². The van der Waals surface area contributed by atoms with E-state index in [9.17, 15) is 9.59 Å². The highest BCUT2D eigenvalue weighted by Gasteiger charge is 2.33. The summed E-state index contributed by atoms with van der Waals surface area (Å²) in [5.74, 6) is 0. The number of carbonyl (C=O) groups excluding carboxylic acids is 2. The van der Waals surface area contributed by atoms with Gasteiger partial charge in [-0.3, -0.25) is 0 Å². The van der Waals surface area contributed by atoms with Crippen molar-refractivity contribution in [2.75, 3.05) is 26.2 Å². The SMILES string of the molecule is CC(C)(C)OC(=O)N1CCCCC1CNC(=O)NC1CCN(C2CC2)CC1. The van der Waals surface area contributed by atoms with Crippen molar-refractivity contribution in [2.24, 2.45) is 0 Å². The predicted octanol–water partition coefficient (Wildman–Crippen LogP) is 2.70. The normalized spacial score (nSPS) is 25.1. The number of piperidine rings is 2. The maximum absolute atomic E-state index is 12.4. The Morgan fingerprint density at radius 1 is 1.00 bits per heavy atom. The Balaban J connectivity index is 1.40. The third kappa shape index (κ3) is 6.26. The summed E-state index contributed by atoms with van der Waals surface area (Å²) in [5.41, 5.74) is -0.501. The van der Waals surface area contributed by atoms with Crippen molar-refractivity contribution in [3.63, 3.8) is 0 Å². The predicted molar refractivity (Wildman–Crippen MR) is 105 cm³/mol. The molecule has 2 saturated heterocycles. The Bertz CT molecular complexity index is 522. The van der Waals surface area contributed by atoms with Crippen molar-refractivity contribution in [1.82, 2.24) is 20.4 Å². The van der Waals surface area contributed by atoms with Gasteiger partial charge < -0.3 is 25.2 Å². The van der Waals surface area contributed by atoms with Crippen LogP contribution in [0.5, 0.6) is 0 Å². The molecule has 1 saturated carbocycles. The van der Waals surface area contributed by atoms with Gasteiger partial charge in [-0.25, -0.2) is 9.59 Å². The molecule has 0 aromatic rings. The average molecular weight is 381 g/mol. The van der Waals surface area contributed by atoms with E-state index in [0.717, 1.165) is 51.2 Å². The first-order valence-corrected chi connectivity index (χ1v) is 10.6. The molecule has 27 heavy (non-hydrogen) atoms. The smallest absolute Gasteiger partial charge is 0.410 e. The lowest BCUT2D eigenvalue weighted by molar-refractivity contribution is 0.0102. The minimum absolute atomic E-state index is 0.0102. The molecule has 154 valence electrons. The van der Waals surface area contributed by atoms with Crippen molar-refractivity contribution in [2.45, 2.75) is 89.4 Å². The van der Waals surface area contributed by atoms with Crippen LogP contribution in [0.1, 0.15) is 65.7 Å². The van der Waals surface area contributed by atoms with Gasteiger partial charge in [0.1, 0.15) is 5.60 Å². The molecule has 3 amide bonds. The molecule has 0 bridgehead atoms. The third-order valence-electron chi connectivity index (χ3n) is 5.68. The van der Waals surface area contributed by atoms with E-state index in [0.29, 0.717) is 13.1 Å². The number of rotatable bonds is 4. The fourth-order valence-electron chi connectivity index (χ4n) is 4.07. The van der Waals surface area contributed by atoms with Gasteiger partial charge in [0.2, 0.25) is 0 Å². The molecular formula is C20H36N4O3. The number of hydrogen-bond acceptors (Lipinski definition) is 4. The summed E-state index contributed by atoms with van der Waals surface area (Å²) >= 11 is 0. The zero-order valence-corrected chi connectivity index (χ0v) is 17.1. The van der Waals surface area contributed by atoms with Crippen molar-refractivity contribution in [3.8, 4) is 0 Å². The molecule has 2 N–H and O–H groups in total. The molecule has 3 rings (SSSR count). The molecule has 0 radical (unpaired) electrons. The van der Waals surface area contributed by atoms with Crippen molar-refractivity contribution >= 4 is 12.1 Å². The Morgan fingerprint density at radius 2 is 1.70 bits per heavy atom. The maximum atomic E-state index is 12.4. The van der Waals surface area contributed by atoms with Crippen LogP contribution in [0.4, 0.5) is 9.59 Å². The highest BCUT2D eigenvalue weighted by atomic mass is 16.6. The summed E-state index contributed by atoms with van der Waals surface area (Å²) in [4.78, 5) is 29.1. The molecule has 2 aliphatic heterocycles. The molecule has 0 aromatic heterocycles. The highest BCUT2D eigenvalue weighted by molar-refractivity contribution is 5.74. The van der Waals surface area contributed by atoms with Gasteiger partial charge in [0.25, 0.3) is 0 Å². The lowest BCUT2D eigenvalue weighted by Gasteiger charge is -2.37. The van der Waals surface area contributed by atoms with Crippen molar-refractivity contribution in [1.29, 1.82) is 0 Å². The topological polar surface area (TPSA) is 73.9 Å². The first-order chi connectivity index (χ1) is 12.8. The second kappa shape index (κ2) is 8.67. The van der Waals surface area contributed by atoms with Crippen LogP contribution >= 0.6 is 0 Å². The number of carbonyl (C=O) groups is 2. The molecule has 2 heterocycles. The van der Waals surface area contributed by atoms with Crippen LogP contribution in [0.25, 0.3) is 0 Å². The molecule has 3 fully saturated rings. The Kier molecular flexibility index (Phi) is 6.50. The summed E-state index contributed by atoms with van der Waals surface area (Å²) in [6.45, 7) is 8.99. The standard InChI is InChI=1S/C20H36N4O3/c1-20(2,3)27-19(26)24-11-5-4-6-17(24)14-21-18(25)22-15-9-12-23(13-10-15)16-7-8-16/h15-17H,4-14H2,1-3H3,(H2,21,22,25). The second-order valence-corrected chi connectivity index (χ2v) is 9.22. The quantitative estimate of drug-likeness (QED) is 0.786. The molecule has 1 unspecified atom stereocenters. The molecular weight excluding hydrogens is 344 g/mol. The summed E-state index contributed by atoms with van der Waals surface area (Å²) < 4.78 is 5.52. The van der Waals surface area contributed by atoms with Crippen LogP contribution < -0.4 is 10.6 Å². The number of nitrogens with one attached hydrogen (secondary N) is 2. The van der Waals surface area contributed by atoms with E-state index >= 15 is 0 Å². The molecule has 3 aliphatic rings. The molecule has 1 atom stereocenters. The summed E-state index contributed by atoms with van der Waals surface area (Å²) in [6.07, 6.45) is 7.42. The first-order valence-electron chi connectivity index (χ1n) is 10.6. The van der Waals surface area contributed by atoms with Crippen molar-refractivity contribution < 1.29 is 14.3 Å². The van der Waals surface area contributed by atoms with Crippen LogP contribution in [-0.4, -0.2) is 71.8 Å². The Labute approximate surface area is 163 Å². The van der Waals surface area contributed by atoms with E-state index in [1.54, 1.807) is 4.90 Å². The van der Waals surface area contributed by atoms with Gasteiger partial charge in [-0.15, -0.1) is 0 Å². The van der Waals surface area contributed by atoms with Crippen LogP contribution in [0.15, 0.2) is 0 Å². The zero-order valence-electron chi connectivity index (χ0n) is 17.1. The second-order valence-electron chi connectivity index (χ2n) is 9.22. The number of amides is 3. The van der Waals surface area contributed by atoms with Gasteiger partial charge in [-0.05, 0) is 65.7 Å². The Morgan fingerprint density at radius 3 is 2.33 bits per heavy atom. The zero-order chi connectivity index (χ0) is 19.4. The first kappa shape index (κ1) is 20.2. The van der Waals surface area contributed by atoms with Gasteiger partial charge in [0.05, 0.1) is 6.04 Å². The minimum atomic E-state index is -0.501. The molecule has 0 aromatic carbocycles. The fraction of sp³-hybridized carbons (Fsp3) is 0.900. The summed E-state index contributed by atoms with van der Waals surface area (Å²) in [7, 11) is 0. The van der Waals surface area contributed by atoms with E-state index in [4.69, 9.17) is 4.74 Å². The number of nitrogens with zero attached hydrogens (tertiary/aromatic N) is 2. The van der Waals surface area contributed by atoms with E-state index in [1.807, 2.05) is 20.8 Å². The monoisotopic (exact) mass is 380 g/mol. The van der Waals surface area contributed by atoms with Crippen molar-refractivity contribution in [3.05, 3.63) is 0 Å². The van der Waals surface area contributed by atoms with E-state index in [2.05, 4.69) is 15.5 Å². The fourth-order valence-corrected chi connectivity index (χ4v) is 4.07. The van der Waals surface area contributed by atoms with E-state index < -0.39 is 5.60 Å². The minimum Gasteiger partial charge on any atom is -0.444 e.